The van der Waals surface area contributed by atoms with Gasteiger partial charge in [-0.3, -0.25) is 0 Å². The number of hydrogen-bond acceptors (Lipinski definition) is 2. The first-order valence-electron chi connectivity index (χ1n) is 7.66. The molecule has 0 saturated heterocycles. The number of fused-ring (bicyclic) bond motifs is 5. The highest BCUT2D eigenvalue weighted by molar-refractivity contribution is 5.88. The molecule has 0 amide bonds. The van der Waals surface area contributed by atoms with E-state index in [1.165, 1.54) is 33.2 Å². The number of ether oxygens (including phenoxy) is 2. The standard InChI is InChI=1S/C19H16NO2/c1-12-15-5-3-2-4-14(15)10-20-7-6-13-8-17-18(22-11-21-17)9-16(13)19(12)20/h2-5,8-10H,6-7,11H2,1H3/q+1. The number of aromatic nitrogens is 1. The van der Waals surface area contributed by atoms with Gasteiger partial charge < -0.3 is 9.47 Å². The molecule has 3 heterocycles. The van der Waals surface area contributed by atoms with Crippen LogP contribution in [0.25, 0.3) is 22.0 Å². The zero-order valence-corrected chi connectivity index (χ0v) is 12.4. The Morgan fingerprint density at radius 2 is 1.86 bits per heavy atom. The largest absolute Gasteiger partial charge is 0.454 e. The molecule has 2 aromatic carbocycles. The van der Waals surface area contributed by atoms with Crippen LogP contribution in [0.5, 0.6) is 11.5 Å². The maximum absolute atomic E-state index is 5.58. The fourth-order valence-corrected chi connectivity index (χ4v) is 3.71. The zero-order chi connectivity index (χ0) is 14.7. The van der Waals surface area contributed by atoms with Gasteiger partial charge in [-0.1, -0.05) is 18.2 Å². The molecule has 3 nitrogen and oxygen atoms in total. The molecule has 0 N–H and O–H groups in total. The third-order valence-electron chi connectivity index (χ3n) is 4.78. The molecule has 3 aromatic rings. The van der Waals surface area contributed by atoms with Gasteiger partial charge in [0.25, 0.3) is 0 Å². The molecule has 0 fully saturated rings. The van der Waals surface area contributed by atoms with Crippen LogP contribution >= 0.6 is 0 Å². The third-order valence-corrected chi connectivity index (χ3v) is 4.78. The van der Waals surface area contributed by atoms with Crippen molar-refractivity contribution in [3.05, 3.63) is 53.7 Å². The van der Waals surface area contributed by atoms with E-state index in [4.69, 9.17) is 9.47 Å². The van der Waals surface area contributed by atoms with Gasteiger partial charge in [0.05, 0.1) is 5.56 Å². The highest BCUT2D eigenvalue weighted by atomic mass is 16.7. The van der Waals surface area contributed by atoms with Crippen LogP contribution in [0.15, 0.2) is 42.6 Å². The monoisotopic (exact) mass is 290 g/mol. The predicted octanol–water partition coefficient (Wildman–Crippen LogP) is 3.39. The molecule has 5 rings (SSSR count). The van der Waals surface area contributed by atoms with Gasteiger partial charge in [0.2, 0.25) is 12.5 Å². The maximum Gasteiger partial charge on any atom is 0.231 e. The summed E-state index contributed by atoms with van der Waals surface area (Å²) >= 11 is 0. The predicted molar refractivity (Wildman–Crippen MR) is 84.1 cm³/mol. The van der Waals surface area contributed by atoms with Crippen molar-refractivity contribution in [1.82, 2.24) is 0 Å². The lowest BCUT2D eigenvalue weighted by atomic mass is 9.92. The number of hydrogen-bond donors (Lipinski definition) is 0. The lowest BCUT2D eigenvalue weighted by Crippen LogP contribution is -2.40. The van der Waals surface area contributed by atoms with Crippen LogP contribution in [0.1, 0.15) is 11.1 Å². The fraction of sp³-hybridized carbons (Fsp3) is 0.211. The lowest BCUT2D eigenvalue weighted by molar-refractivity contribution is -0.686. The molecular weight excluding hydrogens is 274 g/mol. The molecule has 3 heteroatoms. The van der Waals surface area contributed by atoms with E-state index < -0.39 is 0 Å². The van der Waals surface area contributed by atoms with Crippen LogP contribution in [-0.2, 0) is 13.0 Å². The van der Waals surface area contributed by atoms with Crippen molar-refractivity contribution in [3.63, 3.8) is 0 Å². The average molecular weight is 290 g/mol. The van der Waals surface area contributed by atoms with Crippen molar-refractivity contribution in [2.45, 2.75) is 19.9 Å². The van der Waals surface area contributed by atoms with Crippen molar-refractivity contribution in [1.29, 1.82) is 0 Å². The number of aryl methyl sites for hydroxylation is 3. The summed E-state index contributed by atoms with van der Waals surface area (Å²) in [5.41, 5.74) is 5.26. The normalized spacial score (nSPS) is 14.8. The SMILES string of the molecule is Cc1c2[n+](cc3ccccc13)CCc1cc3c(cc1-2)OCO3. The number of rotatable bonds is 0. The Hall–Kier alpha value is -2.55. The Labute approximate surface area is 128 Å². The molecule has 0 atom stereocenters. The molecule has 1 aromatic heterocycles. The summed E-state index contributed by atoms with van der Waals surface area (Å²) in [7, 11) is 0. The number of benzene rings is 2. The molecule has 0 spiro atoms. The Kier molecular flexibility index (Phi) is 2.31. The van der Waals surface area contributed by atoms with Gasteiger partial charge in [0.15, 0.2) is 24.2 Å². The van der Waals surface area contributed by atoms with Gasteiger partial charge in [-0.15, -0.1) is 0 Å². The summed E-state index contributed by atoms with van der Waals surface area (Å²) < 4.78 is 13.5. The second kappa shape index (κ2) is 4.23. The van der Waals surface area contributed by atoms with E-state index in [2.05, 4.69) is 54.1 Å². The van der Waals surface area contributed by atoms with Crippen molar-refractivity contribution in [3.8, 4) is 22.8 Å². The van der Waals surface area contributed by atoms with Gasteiger partial charge >= 0.3 is 0 Å². The summed E-state index contributed by atoms with van der Waals surface area (Å²) in [5, 5.41) is 2.62. The van der Waals surface area contributed by atoms with Gasteiger partial charge in [0.1, 0.15) is 0 Å². The number of pyridine rings is 1. The Bertz CT molecular complexity index is 930. The van der Waals surface area contributed by atoms with Gasteiger partial charge in [-0.2, -0.15) is 4.57 Å². The first kappa shape index (κ1) is 12.0. The molecule has 2 aliphatic rings. The summed E-state index contributed by atoms with van der Waals surface area (Å²) in [6.45, 7) is 3.55. The van der Waals surface area contributed by atoms with Gasteiger partial charge in [-0.05, 0) is 36.1 Å². The van der Waals surface area contributed by atoms with Crippen LogP contribution in [-0.4, -0.2) is 6.79 Å². The average Bonchev–Trinajstić information content (AvgIpc) is 3.00. The van der Waals surface area contributed by atoms with Gasteiger partial charge in [-0.25, -0.2) is 0 Å². The second-order valence-electron chi connectivity index (χ2n) is 6.00. The summed E-state index contributed by atoms with van der Waals surface area (Å²) in [6.07, 6.45) is 3.30. The van der Waals surface area contributed by atoms with E-state index in [0.717, 1.165) is 24.5 Å². The molecule has 0 saturated carbocycles. The highest BCUT2D eigenvalue weighted by Crippen LogP contribution is 2.41. The van der Waals surface area contributed by atoms with Crippen LogP contribution in [0, 0.1) is 6.92 Å². The second-order valence-corrected chi connectivity index (χ2v) is 6.00. The molecule has 108 valence electrons. The molecule has 2 aliphatic heterocycles. The summed E-state index contributed by atoms with van der Waals surface area (Å²) in [4.78, 5) is 0. The molecule has 0 radical (unpaired) electrons. The molecule has 0 aliphatic carbocycles. The van der Waals surface area contributed by atoms with Gasteiger partial charge in [0, 0.05) is 17.4 Å². The van der Waals surface area contributed by atoms with E-state index in [-0.39, 0.29) is 0 Å². The minimum absolute atomic E-state index is 0.328. The molecule has 0 bridgehead atoms. The van der Waals surface area contributed by atoms with Crippen molar-refractivity contribution >= 4 is 10.8 Å². The zero-order valence-electron chi connectivity index (χ0n) is 12.4. The molecule has 22 heavy (non-hydrogen) atoms. The first-order valence-corrected chi connectivity index (χ1v) is 7.66. The van der Waals surface area contributed by atoms with Crippen molar-refractivity contribution in [2.24, 2.45) is 0 Å². The van der Waals surface area contributed by atoms with E-state index in [9.17, 15) is 0 Å². The lowest BCUT2D eigenvalue weighted by Gasteiger charge is -2.18. The van der Waals surface area contributed by atoms with Crippen LogP contribution in [0.4, 0.5) is 0 Å². The Morgan fingerprint density at radius 1 is 1.05 bits per heavy atom. The topological polar surface area (TPSA) is 22.3 Å². The van der Waals surface area contributed by atoms with Crippen LogP contribution in [0.3, 0.4) is 0 Å². The van der Waals surface area contributed by atoms with Crippen LogP contribution in [0.2, 0.25) is 0 Å². The highest BCUT2D eigenvalue weighted by Gasteiger charge is 2.29. The molecular formula is C19H16NO2+. The minimum atomic E-state index is 0.328. The van der Waals surface area contributed by atoms with E-state index in [1.807, 2.05) is 0 Å². The fourth-order valence-electron chi connectivity index (χ4n) is 3.71. The van der Waals surface area contributed by atoms with Crippen molar-refractivity contribution in [2.75, 3.05) is 6.79 Å². The minimum Gasteiger partial charge on any atom is -0.454 e. The quantitative estimate of drug-likeness (QED) is 0.592. The van der Waals surface area contributed by atoms with E-state index >= 15 is 0 Å². The summed E-state index contributed by atoms with van der Waals surface area (Å²) in [6, 6.07) is 12.9. The smallest absolute Gasteiger partial charge is 0.231 e. The van der Waals surface area contributed by atoms with Crippen LogP contribution < -0.4 is 14.0 Å². The Balaban J connectivity index is 1.85. The third kappa shape index (κ3) is 1.54. The van der Waals surface area contributed by atoms with E-state index in [1.54, 1.807) is 0 Å². The molecule has 0 unspecified atom stereocenters. The maximum atomic E-state index is 5.58. The Morgan fingerprint density at radius 3 is 2.77 bits per heavy atom. The van der Waals surface area contributed by atoms with E-state index in [0.29, 0.717) is 6.79 Å². The summed E-state index contributed by atoms with van der Waals surface area (Å²) in [5.74, 6) is 1.74. The first-order chi connectivity index (χ1) is 10.8. The number of nitrogens with zero attached hydrogens (tertiary/aromatic N) is 1. The van der Waals surface area contributed by atoms with Crippen molar-refractivity contribution < 1.29 is 14.0 Å².